The topological polar surface area (TPSA) is 91.2 Å². The van der Waals surface area contributed by atoms with Crippen LogP contribution < -0.4 is 0 Å². The van der Waals surface area contributed by atoms with Gasteiger partial charge in [-0.1, -0.05) is 115 Å². The molecule has 2 heterocycles. The number of benzene rings is 8. The molecule has 0 radical (unpaired) electrons. The van der Waals surface area contributed by atoms with Crippen molar-refractivity contribution in [2.75, 3.05) is 0 Å². The van der Waals surface area contributed by atoms with Crippen LogP contribution in [0.5, 0.6) is 0 Å². The summed E-state index contributed by atoms with van der Waals surface area (Å²) in [5.41, 5.74) is 5.39. The molecule has 0 atom stereocenters. The molecular weight excluding hydrogens is 859 g/mol. The molecule has 0 saturated carbocycles. The molecule has 0 fully saturated rings. The number of nitriles is 2. The normalized spacial score (nSPS) is 11.7. The van der Waals surface area contributed by atoms with Gasteiger partial charge in [0.2, 0.25) is 0 Å². The average molecular weight is 889 g/mol. The lowest BCUT2D eigenvalue weighted by Crippen LogP contribution is -2.06. The fourth-order valence-electron chi connectivity index (χ4n) is 8.40. The minimum Gasteiger partial charge on any atom is -0.308 e. The molecule has 8 aromatic carbocycles. The van der Waals surface area contributed by atoms with Gasteiger partial charge >= 0.3 is 12.4 Å². The molecule has 10 aromatic rings. The van der Waals surface area contributed by atoms with Gasteiger partial charge in [0.15, 0.2) is 17.5 Å². The van der Waals surface area contributed by atoms with Crippen molar-refractivity contribution in [3.05, 3.63) is 204 Å². The summed E-state index contributed by atoms with van der Waals surface area (Å²) in [5, 5.41) is 21.1. The highest BCUT2D eigenvalue weighted by atomic mass is 19.4. The Morgan fingerprint density at radius 2 is 0.866 bits per heavy atom. The van der Waals surface area contributed by atoms with Crippen LogP contribution in [0.1, 0.15) is 22.3 Å². The van der Waals surface area contributed by atoms with E-state index in [1.165, 1.54) is 30.3 Å². The third-order valence-corrected chi connectivity index (χ3v) is 11.6. The molecule has 12 heteroatoms. The molecule has 0 saturated heterocycles. The zero-order valence-electron chi connectivity index (χ0n) is 34.8. The zero-order chi connectivity index (χ0) is 46.5. The summed E-state index contributed by atoms with van der Waals surface area (Å²) < 4.78 is 86.7. The lowest BCUT2D eigenvalue weighted by molar-refractivity contribution is -0.138. The maximum absolute atomic E-state index is 14.1. The predicted octanol–water partition coefficient (Wildman–Crippen LogP) is 14.8. The average Bonchev–Trinajstić information content (AvgIpc) is 3.69. The van der Waals surface area contributed by atoms with Crippen LogP contribution in [0.25, 0.3) is 95.0 Å². The van der Waals surface area contributed by atoms with Crippen LogP contribution in [0.2, 0.25) is 0 Å². The summed E-state index contributed by atoms with van der Waals surface area (Å²) in [6, 6.07) is 53.9. The summed E-state index contributed by atoms with van der Waals surface area (Å²) in [5.74, 6) is 0.907. The van der Waals surface area contributed by atoms with E-state index < -0.39 is 23.5 Å². The van der Waals surface area contributed by atoms with Gasteiger partial charge in [0.1, 0.15) is 0 Å². The smallest absolute Gasteiger partial charge is 0.308 e. The van der Waals surface area contributed by atoms with Crippen molar-refractivity contribution in [2.24, 2.45) is 0 Å². The molecule has 0 spiro atoms. The number of alkyl halides is 6. The van der Waals surface area contributed by atoms with Crippen LogP contribution in [0.3, 0.4) is 0 Å². The van der Waals surface area contributed by atoms with Gasteiger partial charge in [-0.05, 0) is 89.0 Å². The van der Waals surface area contributed by atoms with Gasteiger partial charge in [0.25, 0.3) is 0 Å². The van der Waals surface area contributed by atoms with Crippen molar-refractivity contribution in [1.29, 1.82) is 10.5 Å². The first-order chi connectivity index (χ1) is 32.4. The van der Waals surface area contributed by atoms with Gasteiger partial charge in [-0.15, -0.1) is 0 Å². The summed E-state index contributed by atoms with van der Waals surface area (Å²) in [4.78, 5) is 14.7. The van der Waals surface area contributed by atoms with Crippen LogP contribution in [-0.4, -0.2) is 19.5 Å². The number of halogens is 6. The van der Waals surface area contributed by atoms with Crippen molar-refractivity contribution in [3.63, 3.8) is 0 Å². The molecule has 0 unspecified atom stereocenters. The fourth-order valence-corrected chi connectivity index (χ4v) is 8.40. The quantitative estimate of drug-likeness (QED) is 0.149. The van der Waals surface area contributed by atoms with Crippen molar-refractivity contribution < 1.29 is 26.3 Å². The Labute approximate surface area is 379 Å². The Morgan fingerprint density at radius 3 is 1.37 bits per heavy atom. The van der Waals surface area contributed by atoms with E-state index in [1.54, 1.807) is 24.3 Å². The lowest BCUT2D eigenvalue weighted by Gasteiger charge is -2.21. The summed E-state index contributed by atoms with van der Waals surface area (Å²) in [7, 11) is 0. The minimum absolute atomic E-state index is 0.211. The Kier molecular flexibility index (Phi) is 10.4. The molecule has 10 rings (SSSR count). The second-order valence-corrected chi connectivity index (χ2v) is 15.7. The van der Waals surface area contributed by atoms with Gasteiger partial charge in [-0.3, -0.25) is 0 Å². The minimum atomic E-state index is -4.63. The van der Waals surface area contributed by atoms with Crippen LogP contribution in [0.4, 0.5) is 26.3 Å². The van der Waals surface area contributed by atoms with E-state index in [4.69, 9.17) is 15.0 Å². The van der Waals surface area contributed by atoms with Crippen molar-refractivity contribution >= 4 is 21.8 Å². The number of hydrogen-bond acceptors (Lipinski definition) is 5. The number of rotatable bonds is 7. The maximum Gasteiger partial charge on any atom is 0.416 e. The second kappa shape index (κ2) is 16.6. The van der Waals surface area contributed by atoms with E-state index in [9.17, 15) is 36.9 Å². The Balaban J connectivity index is 1.31. The van der Waals surface area contributed by atoms with E-state index in [1.807, 2.05) is 108 Å². The molecule has 0 amide bonds. The maximum atomic E-state index is 14.1. The Hall–Kier alpha value is -8.87. The third kappa shape index (κ3) is 7.91. The van der Waals surface area contributed by atoms with E-state index in [0.29, 0.717) is 89.6 Å². The fraction of sp³-hybridized carbons (Fsp3) is 0.0364. The van der Waals surface area contributed by atoms with Gasteiger partial charge < -0.3 is 4.57 Å². The first-order valence-electron chi connectivity index (χ1n) is 20.8. The highest BCUT2D eigenvalue weighted by Crippen LogP contribution is 2.45. The standard InChI is InChI=1S/C55H30F6N6/c56-54(57,58)41-21-16-34(17-22-41)45-29-39(53-65-51(36-9-3-1-4-10-36)64-52(66-53)37-11-5-2-6-12-37)30-46(35-18-23-42(24-19-35)55(59,60)61)50(45)67-48-14-8-7-13-44(48)47-28-38(20-26-49(47)67)43-25-15-33(31-62)27-40(43)32-63/h1-30H. The van der Waals surface area contributed by atoms with Gasteiger partial charge in [0, 0.05) is 38.6 Å². The second-order valence-electron chi connectivity index (χ2n) is 15.7. The molecule has 0 bridgehead atoms. The summed E-state index contributed by atoms with van der Waals surface area (Å²) in [6.07, 6.45) is -9.27. The lowest BCUT2D eigenvalue weighted by atomic mass is 9.91. The molecule has 2 aromatic heterocycles. The van der Waals surface area contributed by atoms with Crippen molar-refractivity contribution in [3.8, 4) is 85.4 Å². The molecule has 6 nitrogen and oxygen atoms in total. The predicted molar refractivity (Wildman–Crippen MR) is 246 cm³/mol. The first kappa shape index (κ1) is 42.1. The number of fused-ring (bicyclic) bond motifs is 3. The van der Waals surface area contributed by atoms with Gasteiger partial charge in [0.05, 0.1) is 51.1 Å². The number of aromatic nitrogens is 4. The first-order valence-corrected chi connectivity index (χ1v) is 20.8. The SMILES string of the molecule is N#Cc1ccc(-c2ccc3c(c2)c2ccccc2n3-c2c(-c3ccc(C(F)(F)F)cc3)cc(-c3nc(-c4ccccc4)nc(-c4ccccc4)n3)cc2-c2ccc(C(F)(F)F)cc2)c(C#N)c1. The van der Waals surface area contributed by atoms with Gasteiger partial charge in [-0.25, -0.2) is 15.0 Å². The molecule has 0 aliphatic carbocycles. The highest BCUT2D eigenvalue weighted by molar-refractivity contribution is 6.12. The highest BCUT2D eigenvalue weighted by Gasteiger charge is 2.32. The van der Waals surface area contributed by atoms with Crippen molar-refractivity contribution in [1.82, 2.24) is 19.5 Å². The van der Waals surface area contributed by atoms with E-state index in [-0.39, 0.29) is 5.82 Å². The number of nitrogens with zero attached hydrogens (tertiary/aromatic N) is 6. The van der Waals surface area contributed by atoms with E-state index >= 15 is 0 Å². The number of para-hydroxylation sites is 1. The molecule has 0 N–H and O–H groups in total. The third-order valence-electron chi connectivity index (χ3n) is 11.6. The van der Waals surface area contributed by atoms with E-state index in [2.05, 4.69) is 12.1 Å². The molecule has 322 valence electrons. The molecule has 67 heavy (non-hydrogen) atoms. The summed E-state index contributed by atoms with van der Waals surface area (Å²) >= 11 is 0. The Bertz CT molecular complexity index is 3470. The van der Waals surface area contributed by atoms with E-state index in [0.717, 1.165) is 35.0 Å². The number of hydrogen-bond donors (Lipinski definition) is 0. The van der Waals surface area contributed by atoms with Crippen LogP contribution in [0.15, 0.2) is 182 Å². The molecule has 0 aliphatic heterocycles. The zero-order valence-corrected chi connectivity index (χ0v) is 34.8. The Morgan fingerprint density at radius 1 is 0.388 bits per heavy atom. The van der Waals surface area contributed by atoms with Crippen LogP contribution >= 0.6 is 0 Å². The monoisotopic (exact) mass is 888 g/mol. The summed E-state index contributed by atoms with van der Waals surface area (Å²) in [6.45, 7) is 0. The molecular formula is C55H30F6N6. The van der Waals surface area contributed by atoms with Crippen molar-refractivity contribution in [2.45, 2.75) is 12.4 Å². The van der Waals surface area contributed by atoms with Crippen LogP contribution in [-0.2, 0) is 12.4 Å². The largest absolute Gasteiger partial charge is 0.416 e. The van der Waals surface area contributed by atoms with Gasteiger partial charge in [-0.2, -0.15) is 36.9 Å². The van der Waals surface area contributed by atoms with Crippen LogP contribution in [0, 0.1) is 22.7 Å². The molecule has 0 aliphatic rings.